The summed E-state index contributed by atoms with van der Waals surface area (Å²) in [7, 11) is 0. The van der Waals surface area contributed by atoms with E-state index in [2.05, 4.69) is 39.8 Å². The molecule has 0 bridgehead atoms. The molecule has 1 aliphatic rings. The normalized spacial score (nSPS) is 15.1. The zero-order valence-electron chi connectivity index (χ0n) is 17.6. The SMILES string of the molecule is Cc1cc(C)c(NC(=O)C(=O)NCC2CCN(Cc3ccccc3)CC2)c(C)c1. The Morgan fingerprint density at radius 3 is 2.21 bits per heavy atom. The van der Waals surface area contributed by atoms with Crippen LogP contribution >= 0.6 is 0 Å². The third kappa shape index (κ3) is 5.91. The summed E-state index contributed by atoms with van der Waals surface area (Å²) in [5.41, 5.74) is 5.13. The van der Waals surface area contributed by atoms with Crippen molar-refractivity contribution in [2.45, 2.75) is 40.2 Å². The largest absolute Gasteiger partial charge is 0.348 e. The molecule has 0 saturated carbocycles. The van der Waals surface area contributed by atoms with Crippen LogP contribution < -0.4 is 10.6 Å². The Labute approximate surface area is 173 Å². The van der Waals surface area contributed by atoms with Crippen molar-refractivity contribution in [3.05, 3.63) is 64.7 Å². The van der Waals surface area contributed by atoms with E-state index in [1.165, 1.54) is 5.56 Å². The molecule has 5 heteroatoms. The molecule has 0 unspecified atom stereocenters. The van der Waals surface area contributed by atoms with Gasteiger partial charge in [-0.15, -0.1) is 0 Å². The summed E-state index contributed by atoms with van der Waals surface area (Å²) in [5.74, 6) is -0.737. The molecule has 2 aromatic carbocycles. The number of rotatable bonds is 5. The van der Waals surface area contributed by atoms with Crippen LogP contribution in [0.1, 0.15) is 35.1 Å². The Morgan fingerprint density at radius 2 is 1.59 bits per heavy atom. The monoisotopic (exact) mass is 393 g/mol. The highest BCUT2D eigenvalue weighted by molar-refractivity contribution is 6.39. The maximum absolute atomic E-state index is 12.3. The maximum atomic E-state index is 12.3. The minimum absolute atomic E-state index is 0.418. The third-order valence-electron chi connectivity index (χ3n) is 5.63. The second-order valence-corrected chi connectivity index (χ2v) is 8.14. The molecule has 29 heavy (non-hydrogen) atoms. The van der Waals surface area contributed by atoms with Gasteiger partial charge < -0.3 is 10.6 Å². The van der Waals surface area contributed by atoms with Gasteiger partial charge in [0.05, 0.1) is 0 Å². The van der Waals surface area contributed by atoms with Crippen molar-refractivity contribution < 1.29 is 9.59 Å². The number of benzene rings is 2. The minimum Gasteiger partial charge on any atom is -0.348 e. The number of carbonyl (C=O) groups excluding carboxylic acids is 2. The van der Waals surface area contributed by atoms with Gasteiger partial charge >= 0.3 is 11.8 Å². The molecule has 0 aromatic heterocycles. The molecule has 5 nitrogen and oxygen atoms in total. The Morgan fingerprint density at radius 1 is 0.966 bits per heavy atom. The third-order valence-corrected chi connectivity index (χ3v) is 5.63. The van der Waals surface area contributed by atoms with Gasteiger partial charge in [-0.1, -0.05) is 48.0 Å². The number of carbonyl (C=O) groups is 2. The minimum atomic E-state index is -0.596. The van der Waals surface area contributed by atoms with Crippen molar-refractivity contribution in [2.75, 3.05) is 25.0 Å². The summed E-state index contributed by atoms with van der Waals surface area (Å²) in [4.78, 5) is 27.0. The van der Waals surface area contributed by atoms with Gasteiger partial charge in [-0.05, 0) is 69.3 Å². The molecule has 1 aliphatic heterocycles. The molecule has 2 aromatic rings. The standard InChI is InChI=1S/C24H31N3O2/c1-17-13-18(2)22(19(3)14-17)26-24(29)23(28)25-15-20-9-11-27(12-10-20)16-21-7-5-4-6-8-21/h4-8,13-14,20H,9-12,15-16H2,1-3H3,(H,25,28)(H,26,29). The maximum Gasteiger partial charge on any atom is 0.313 e. The summed E-state index contributed by atoms with van der Waals surface area (Å²) < 4.78 is 0. The Hall–Kier alpha value is -2.66. The van der Waals surface area contributed by atoms with Crippen molar-refractivity contribution in [3.8, 4) is 0 Å². The quantitative estimate of drug-likeness (QED) is 0.764. The highest BCUT2D eigenvalue weighted by atomic mass is 16.2. The van der Waals surface area contributed by atoms with Crippen molar-refractivity contribution in [1.82, 2.24) is 10.2 Å². The molecule has 0 atom stereocenters. The van der Waals surface area contributed by atoms with Crippen LogP contribution in [0.4, 0.5) is 5.69 Å². The fourth-order valence-corrected chi connectivity index (χ4v) is 4.06. The van der Waals surface area contributed by atoms with Gasteiger partial charge in [-0.2, -0.15) is 0 Å². The second-order valence-electron chi connectivity index (χ2n) is 8.14. The fourth-order valence-electron chi connectivity index (χ4n) is 4.06. The van der Waals surface area contributed by atoms with Crippen molar-refractivity contribution >= 4 is 17.5 Å². The molecule has 2 N–H and O–H groups in total. The van der Waals surface area contributed by atoms with E-state index >= 15 is 0 Å². The predicted molar refractivity (Wildman–Crippen MR) is 117 cm³/mol. The molecule has 2 amide bonds. The first-order valence-electron chi connectivity index (χ1n) is 10.4. The van der Waals surface area contributed by atoms with Gasteiger partial charge in [-0.3, -0.25) is 14.5 Å². The number of aryl methyl sites for hydroxylation is 3. The molecule has 1 heterocycles. The number of likely N-dealkylation sites (tertiary alicyclic amines) is 1. The van der Waals surface area contributed by atoms with Gasteiger partial charge in [0, 0.05) is 18.8 Å². The highest BCUT2D eigenvalue weighted by Gasteiger charge is 2.22. The number of hydrogen-bond acceptors (Lipinski definition) is 3. The molecule has 3 rings (SSSR count). The first-order valence-corrected chi connectivity index (χ1v) is 10.4. The summed E-state index contributed by atoms with van der Waals surface area (Å²) in [5, 5.41) is 5.59. The van der Waals surface area contributed by atoms with Gasteiger partial charge in [-0.25, -0.2) is 0 Å². The molecule has 154 valence electrons. The zero-order chi connectivity index (χ0) is 20.8. The fraction of sp³-hybridized carbons (Fsp3) is 0.417. The van der Waals surface area contributed by atoms with E-state index < -0.39 is 11.8 Å². The number of piperidine rings is 1. The molecular weight excluding hydrogens is 362 g/mol. The molecular formula is C24H31N3O2. The lowest BCUT2D eigenvalue weighted by atomic mass is 9.96. The molecule has 1 saturated heterocycles. The van der Waals surface area contributed by atoms with Crippen LogP contribution in [-0.4, -0.2) is 36.3 Å². The summed E-state index contributed by atoms with van der Waals surface area (Å²) in [6.07, 6.45) is 2.07. The van der Waals surface area contributed by atoms with Crippen molar-refractivity contribution in [1.29, 1.82) is 0 Å². The lowest BCUT2D eigenvalue weighted by Gasteiger charge is -2.32. The van der Waals surface area contributed by atoms with Crippen LogP contribution in [0.15, 0.2) is 42.5 Å². The highest BCUT2D eigenvalue weighted by Crippen LogP contribution is 2.22. The van der Waals surface area contributed by atoms with E-state index in [1.807, 2.05) is 39.0 Å². The van der Waals surface area contributed by atoms with Crippen LogP contribution in [0.3, 0.4) is 0 Å². The van der Waals surface area contributed by atoms with Crippen LogP contribution in [0.5, 0.6) is 0 Å². The van der Waals surface area contributed by atoms with Crippen LogP contribution in [0.2, 0.25) is 0 Å². The van der Waals surface area contributed by atoms with E-state index in [-0.39, 0.29) is 0 Å². The van der Waals surface area contributed by atoms with Gasteiger partial charge in [0.2, 0.25) is 0 Å². The molecule has 0 aliphatic carbocycles. The summed E-state index contributed by atoms with van der Waals surface area (Å²) >= 11 is 0. The van der Waals surface area contributed by atoms with E-state index in [1.54, 1.807) is 0 Å². The lowest BCUT2D eigenvalue weighted by molar-refractivity contribution is -0.136. The average Bonchev–Trinajstić information content (AvgIpc) is 2.70. The van der Waals surface area contributed by atoms with E-state index in [0.29, 0.717) is 12.5 Å². The van der Waals surface area contributed by atoms with Crippen molar-refractivity contribution in [2.24, 2.45) is 5.92 Å². The number of hydrogen-bond donors (Lipinski definition) is 2. The Bertz CT molecular complexity index is 833. The number of nitrogens with one attached hydrogen (secondary N) is 2. The first kappa shape index (κ1) is 21.1. The van der Waals surface area contributed by atoms with Crippen LogP contribution in [-0.2, 0) is 16.1 Å². The van der Waals surface area contributed by atoms with Gasteiger partial charge in [0.15, 0.2) is 0 Å². The first-order chi connectivity index (χ1) is 13.9. The van der Waals surface area contributed by atoms with Gasteiger partial charge in [0.1, 0.15) is 0 Å². The zero-order valence-corrected chi connectivity index (χ0v) is 17.6. The Balaban J connectivity index is 1.42. The number of anilines is 1. The molecule has 0 radical (unpaired) electrons. The predicted octanol–water partition coefficient (Wildman–Crippen LogP) is 3.58. The van der Waals surface area contributed by atoms with Gasteiger partial charge in [0.25, 0.3) is 0 Å². The number of amides is 2. The number of nitrogens with zero attached hydrogens (tertiary/aromatic N) is 1. The van der Waals surface area contributed by atoms with Crippen LogP contribution in [0, 0.1) is 26.7 Å². The van der Waals surface area contributed by atoms with E-state index in [9.17, 15) is 9.59 Å². The smallest absolute Gasteiger partial charge is 0.313 e. The lowest BCUT2D eigenvalue weighted by Crippen LogP contribution is -2.41. The van der Waals surface area contributed by atoms with E-state index in [4.69, 9.17) is 0 Å². The molecule has 1 fully saturated rings. The topological polar surface area (TPSA) is 61.4 Å². The Kier molecular flexibility index (Phi) is 7.04. The van der Waals surface area contributed by atoms with Crippen LogP contribution in [0.25, 0.3) is 0 Å². The van der Waals surface area contributed by atoms with E-state index in [0.717, 1.165) is 54.9 Å². The molecule has 0 spiro atoms. The summed E-state index contributed by atoms with van der Waals surface area (Å²) in [6.45, 7) is 9.46. The summed E-state index contributed by atoms with van der Waals surface area (Å²) in [6, 6.07) is 14.5. The average molecular weight is 394 g/mol. The second kappa shape index (κ2) is 9.70. The van der Waals surface area contributed by atoms with Crippen molar-refractivity contribution in [3.63, 3.8) is 0 Å².